The zero-order chi connectivity index (χ0) is 25.4. The molecular formula is C24H20FN7O4. The molecule has 3 aromatic heterocycles. The van der Waals surface area contributed by atoms with Crippen molar-refractivity contribution < 1.29 is 18.7 Å². The lowest BCUT2D eigenvalue weighted by molar-refractivity contribution is 0.102. The summed E-state index contributed by atoms with van der Waals surface area (Å²) in [7, 11) is 2.98. The van der Waals surface area contributed by atoms with Gasteiger partial charge in [-0.15, -0.1) is 0 Å². The molecule has 0 aliphatic rings. The zero-order valence-corrected chi connectivity index (χ0v) is 19.4. The van der Waals surface area contributed by atoms with Crippen LogP contribution in [-0.2, 0) is 0 Å². The highest BCUT2D eigenvalue weighted by Gasteiger charge is 2.18. The molecule has 36 heavy (non-hydrogen) atoms. The monoisotopic (exact) mass is 489 g/mol. The highest BCUT2D eigenvalue weighted by molar-refractivity contribution is 6.04. The summed E-state index contributed by atoms with van der Waals surface area (Å²) >= 11 is 0. The predicted molar refractivity (Wildman–Crippen MR) is 129 cm³/mol. The average Bonchev–Trinajstić information content (AvgIpc) is 3.47. The molecule has 0 aliphatic carbocycles. The third kappa shape index (κ3) is 4.04. The van der Waals surface area contributed by atoms with Gasteiger partial charge in [-0.25, -0.2) is 9.07 Å². The molecule has 182 valence electrons. The van der Waals surface area contributed by atoms with E-state index in [0.29, 0.717) is 28.4 Å². The number of nitrogens with zero attached hydrogens (tertiary/aromatic N) is 5. The topological polar surface area (TPSA) is 129 Å². The second-order valence-electron chi connectivity index (χ2n) is 7.77. The molecule has 5 aromatic rings. The van der Waals surface area contributed by atoms with Gasteiger partial charge >= 0.3 is 0 Å². The van der Waals surface area contributed by atoms with E-state index in [-0.39, 0.29) is 22.8 Å². The highest BCUT2D eigenvalue weighted by Crippen LogP contribution is 2.28. The summed E-state index contributed by atoms with van der Waals surface area (Å²) in [5.74, 6) is 0.401. The number of hydrogen-bond donors (Lipinski definition) is 2. The van der Waals surface area contributed by atoms with Crippen molar-refractivity contribution in [3.05, 3.63) is 82.2 Å². The molecule has 0 saturated heterocycles. The van der Waals surface area contributed by atoms with Crippen LogP contribution in [0.2, 0.25) is 0 Å². The fourth-order valence-corrected chi connectivity index (χ4v) is 3.69. The largest absolute Gasteiger partial charge is 0.493 e. The number of ether oxygens (including phenoxy) is 2. The normalized spacial score (nSPS) is 11.0. The zero-order valence-electron chi connectivity index (χ0n) is 19.4. The van der Waals surface area contributed by atoms with Gasteiger partial charge < -0.3 is 14.8 Å². The molecule has 0 aliphatic heterocycles. The number of carbonyl (C=O) groups excluding carboxylic acids is 1. The van der Waals surface area contributed by atoms with Gasteiger partial charge in [-0.2, -0.15) is 19.9 Å². The van der Waals surface area contributed by atoms with E-state index < -0.39 is 17.3 Å². The molecule has 0 unspecified atom stereocenters. The Kier molecular flexibility index (Phi) is 5.68. The molecule has 12 heteroatoms. The molecular weight excluding hydrogens is 469 g/mol. The Hall–Kier alpha value is -5.00. The summed E-state index contributed by atoms with van der Waals surface area (Å²) in [5.41, 5.74) is 1.21. The fraction of sp³-hybridized carbons (Fsp3) is 0.125. The number of rotatable bonds is 6. The van der Waals surface area contributed by atoms with E-state index in [2.05, 4.69) is 25.5 Å². The van der Waals surface area contributed by atoms with Gasteiger partial charge in [0, 0.05) is 11.6 Å². The van der Waals surface area contributed by atoms with E-state index in [1.807, 2.05) is 0 Å². The number of carbonyl (C=O) groups is 1. The Balaban J connectivity index is 1.54. The lowest BCUT2D eigenvalue weighted by Gasteiger charge is -2.11. The molecule has 2 aromatic carbocycles. The third-order valence-corrected chi connectivity index (χ3v) is 5.42. The average molecular weight is 489 g/mol. The van der Waals surface area contributed by atoms with Gasteiger partial charge in [0.25, 0.3) is 11.5 Å². The number of amides is 1. The van der Waals surface area contributed by atoms with Crippen molar-refractivity contribution in [1.82, 2.24) is 29.5 Å². The molecule has 0 radical (unpaired) electrons. The number of aryl methyl sites for hydroxylation is 1. The first kappa shape index (κ1) is 22.8. The summed E-state index contributed by atoms with van der Waals surface area (Å²) in [4.78, 5) is 33.0. The Morgan fingerprint density at radius 3 is 2.50 bits per heavy atom. The molecule has 0 spiro atoms. The van der Waals surface area contributed by atoms with E-state index >= 15 is 0 Å². The number of benzene rings is 2. The van der Waals surface area contributed by atoms with Gasteiger partial charge in [0.15, 0.2) is 17.1 Å². The summed E-state index contributed by atoms with van der Waals surface area (Å²) in [6.07, 6.45) is 1.38. The number of halogens is 1. The van der Waals surface area contributed by atoms with Gasteiger partial charge in [0.1, 0.15) is 17.0 Å². The lowest BCUT2D eigenvalue weighted by Crippen LogP contribution is -2.19. The number of anilines is 1. The Morgan fingerprint density at radius 1 is 1.03 bits per heavy atom. The quantitative estimate of drug-likeness (QED) is 0.375. The van der Waals surface area contributed by atoms with Gasteiger partial charge in [0.2, 0.25) is 5.95 Å². The summed E-state index contributed by atoms with van der Waals surface area (Å²) in [5, 5.41) is 11.6. The van der Waals surface area contributed by atoms with E-state index in [1.54, 1.807) is 31.2 Å². The van der Waals surface area contributed by atoms with E-state index in [1.165, 1.54) is 54.0 Å². The Labute approximate surface area is 203 Å². The van der Waals surface area contributed by atoms with E-state index in [4.69, 9.17) is 9.47 Å². The summed E-state index contributed by atoms with van der Waals surface area (Å²) in [6, 6.07) is 12.0. The van der Waals surface area contributed by atoms with Crippen LogP contribution in [0.25, 0.3) is 22.7 Å². The van der Waals surface area contributed by atoms with Crippen LogP contribution in [0.1, 0.15) is 16.1 Å². The van der Waals surface area contributed by atoms with Crippen molar-refractivity contribution >= 4 is 22.8 Å². The van der Waals surface area contributed by atoms with Crippen LogP contribution < -0.4 is 20.3 Å². The molecule has 0 bridgehead atoms. The number of nitrogens with one attached hydrogen (secondary N) is 2. The fourth-order valence-electron chi connectivity index (χ4n) is 3.69. The lowest BCUT2D eigenvalue weighted by atomic mass is 10.2. The van der Waals surface area contributed by atoms with Crippen molar-refractivity contribution in [2.75, 3.05) is 19.5 Å². The van der Waals surface area contributed by atoms with Crippen LogP contribution in [0.5, 0.6) is 11.5 Å². The van der Waals surface area contributed by atoms with Gasteiger partial charge in [-0.05, 0) is 49.4 Å². The number of hydrogen-bond acceptors (Lipinski definition) is 7. The molecule has 0 fully saturated rings. The van der Waals surface area contributed by atoms with Gasteiger partial charge in [0.05, 0.1) is 31.8 Å². The Morgan fingerprint density at radius 2 is 1.78 bits per heavy atom. The predicted octanol–water partition coefficient (Wildman–Crippen LogP) is 3.01. The standard InChI is InChI=1S/C24H20FN7O4/c1-13-10-20(27-22(33)14-4-9-18(35-2)19(11-14)36-3)32(30-13)24-28-21-17(23(34)29-24)12-26-31(21)16-7-5-15(25)6-8-16/h4-12H,1-3H3,(H,27,33)(H,28,29,34). The molecule has 11 nitrogen and oxygen atoms in total. The smallest absolute Gasteiger partial charge is 0.263 e. The van der Waals surface area contributed by atoms with Crippen molar-refractivity contribution in [3.8, 4) is 23.1 Å². The van der Waals surface area contributed by atoms with E-state index in [0.717, 1.165) is 0 Å². The van der Waals surface area contributed by atoms with Crippen LogP contribution in [0, 0.1) is 12.7 Å². The molecule has 2 N–H and O–H groups in total. The number of aromatic nitrogens is 6. The number of fused-ring (bicyclic) bond motifs is 1. The minimum absolute atomic E-state index is 0.0621. The summed E-state index contributed by atoms with van der Waals surface area (Å²) < 4.78 is 26.6. The van der Waals surface area contributed by atoms with Crippen LogP contribution >= 0.6 is 0 Å². The molecule has 0 atom stereocenters. The first-order chi connectivity index (χ1) is 17.4. The SMILES string of the molecule is COc1ccc(C(=O)Nc2cc(C)nn2-c2nc3c(cnn3-c3ccc(F)cc3)c(=O)[nH]2)cc1OC. The number of aromatic amines is 1. The minimum Gasteiger partial charge on any atom is -0.493 e. The molecule has 0 saturated carbocycles. The second kappa shape index (κ2) is 8.98. The second-order valence-corrected chi connectivity index (χ2v) is 7.77. The van der Waals surface area contributed by atoms with Crippen LogP contribution in [0.3, 0.4) is 0 Å². The first-order valence-corrected chi connectivity index (χ1v) is 10.7. The highest BCUT2D eigenvalue weighted by atomic mass is 19.1. The maximum absolute atomic E-state index is 13.4. The van der Waals surface area contributed by atoms with Crippen molar-refractivity contribution in [2.45, 2.75) is 6.92 Å². The van der Waals surface area contributed by atoms with Crippen molar-refractivity contribution in [2.24, 2.45) is 0 Å². The van der Waals surface area contributed by atoms with Crippen molar-refractivity contribution in [1.29, 1.82) is 0 Å². The minimum atomic E-state index is -0.450. The maximum Gasteiger partial charge on any atom is 0.263 e. The summed E-state index contributed by atoms with van der Waals surface area (Å²) in [6.45, 7) is 1.74. The van der Waals surface area contributed by atoms with Gasteiger partial charge in [-0.1, -0.05) is 0 Å². The third-order valence-electron chi connectivity index (χ3n) is 5.42. The van der Waals surface area contributed by atoms with Crippen LogP contribution in [-0.4, -0.2) is 49.7 Å². The van der Waals surface area contributed by atoms with E-state index in [9.17, 15) is 14.0 Å². The number of H-pyrrole nitrogens is 1. The first-order valence-electron chi connectivity index (χ1n) is 10.7. The van der Waals surface area contributed by atoms with Crippen LogP contribution in [0.15, 0.2) is 59.5 Å². The Bertz CT molecular complexity index is 1650. The van der Waals surface area contributed by atoms with Crippen molar-refractivity contribution in [3.63, 3.8) is 0 Å². The molecule has 5 rings (SSSR count). The maximum atomic E-state index is 13.4. The van der Waals surface area contributed by atoms with Crippen LogP contribution in [0.4, 0.5) is 10.2 Å². The number of methoxy groups -OCH3 is 2. The van der Waals surface area contributed by atoms with Gasteiger partial charge in [-0.3, -0.25) is 14.6 Å². The molecule has 1 amide bonds. The molecule has 3 heterocycles.